The van der Waals surface area contributed by atoms with Crippen LogP contribution in [0.15, 0.2) is 53.1 Å². The summed E-state index contributed by atoms with van der Waals surface area (Å²) in [6.45, 7) is 1.17. The normalized spacial score (nSPS) is 16.7. The molecule has 3 amide bonds. The lowest BCUT2D eigenvalue weighted by molar-refractivity contribution is -0.136. The van der Waals surface area contributed by atoms with E-state index in [1.54, 1.807) is 24.5 Å². The fraction of sp³-hybridized carbons (Fsp3) is 0.333. The van der Waals surface area contributed by atoms with Crippen molar-refractivity contribution in [3.63, 3.8) is 0 Å². The van der Waals surface area contributed by atoms with Crippen LogP contribution in [0.4, 0.5) is 0 Å². The lowest BCUT2D eigenvalue weighted by atomic mass is 9.96. The topological polar surface area (TPSA) is 105 Å². The Hall–Kier alpha value is -3.68. The third-order valence-corrected chi connectivity index (χ3v) is 6.14. The summed E-state index contributed by atoms with van der Waals surface area (Å²) in [5.74, 6) is 0.0790. The molecule has 1 saturated carbocycles. The van der Waals surface area contributed by atoms with E-state index in [0.29, 0.717) is 53.9 Å². The largest absolute Gasteiger partial charge is 0.463 e. The van der Waals surface area contributed by atoms with Gasteiger partial charge in [0, 0.05) is 30.3 Å². The van der Waals surface area contributed by atoms with Crippen LogP contribution in [0.1, 0.15) is 36.0 Å². The van der Waals surface area contributed by atoms with Crippen molar-refractivity contribution in [3.8, 4) is 11.5 Å². The number of hydrogen-bond acceptors (Lipinski definition) is 5. The first-order valence-corrected chi connectivity index (χ1v) is 10.9. The number of fused-ring (bicyclic) bond motifs is 1. The SMILES string of the molecule is O=C(NNC(=O)C1CCN(C(=O)C2CC2)CC1)c1cc(-c2ccco2)nc2ccccc12. The second kappa shape index (κ2) is 8.45. The van der Waals surface area contributed by atoms with Crippen LogP contribution in [0.2, 0.25) is 0 Å². The van der Waals surface area contributed by atoms with Gasteiger partial charge in [0.25, 0.3) is 5.91 Å². The Morgan fingerprint density at radius 1 is 0.938 bits per heavy atom. The zero-order chi connectivity index (χ0) is 22.1. The van der Waals surface area contributed by atoms with Gasteiger partial charge in [0.05, 0.1) is 17.3 Å². The maximum absolute atomic E-state index is 13.0. The van der Waals surface area contributed by atoms with Gasteiger partial charge in [-0.15, -0.1) is 0 Å². The fourth-order valence-corrected chi connectivity index (χ4v) is 4.15. The van der Waals surface area contributed by atoms with Gasteiger partial charge in [-0.1, -0.05) is 18.2 Å². The standard InChI is InChI=1S/C24H24N4O4/c29-22(15-9-11-28(12-10-15)24(31)16-7-8-16)26-27-23(30)18-14-20(21-6-3-13-32-21)25-19-5-2-1-4-17(18)19/h1-6,13-16H,7-12H2,(H,26,29)(H,27,30). The number of nitrogens with one attached hydrogen (secondary N) is 2. The van der Waals surface area contributed by atoms with Crippen molar-refractivity contribution >= 4 is 28.6 Å². The summed E-state index contributed by atoms with van der Waals surface area (Å²) in [5.41, 5.74) is 6.70. The van der Waals surface area contributed by atoms with Gasteiger partial charge in [0.1, 0.15) is 5.69 Å². The molecule has 5 rings (SSSR count). The minimum atomic E-state index is -0.425. The van der Waals surface area contributed by atoms with Crippen LogP contribution in [0.3, 0.4) is 0 Å². The summed E-state index contributed by atoms with van der Waals surface area (Å²) in [5, 5.41) is 0.682. The Bertz CT molecular complexity index is 1160. The molecule has 3 aromatic rings. The molecule has 8 nitrogen and oxygen atoms in total. The van der Waals surface area contributed by atoms with Crippen molar-refractivity contribution in [2.45, 2.75) is 25.7 Å². The van der Waals surface area contributed by atoms with Crippen molar-refractivity contribution < 1.29 is 18.8 Å². The number of piperidine rings is 1. The number of para-hydroxylation sites is 1. The van der Waals surface area contributed by atoms with E-state index in [1.807, 2.05) is 29.2 Å². The summed E-state index contributed by atoms with van der Waals surface area (Å²) >= 11 is 0. The molecule has 2 N–H and O–H groups in total. The average molecular weight is 432 g/mol. The molecule has 2 aliphatic rings. The van der Waals surface area contributed by atoms with Gasteiger partial charge in [-0.3, -0.25) is 25.2 Å². The molecular formula is C24H24N4O4. The molecule has 8 heteroatoms. The molecule has 32 heavy (non-hydrogen) atoms. The Morgan fingerprint density at radius 3 is 2.44 bits per heavy atom. The monoisotopic (exact) mass is 432 g/mol. The highest BCUT2D eigenvalue weighted by molar-refractivity contribution is 6.07. The van der Waals surface area contributed by atoms with Crippen LogP contribution >= 0.6 is 0 Å². The maximum Gasteiger partial charge on any atom is 0.270 e. The number of amides is 3. The maximum atomic E-state index is 13.0. The summed E-state index contributed by atoms with van der Waals surface area (Å²) in [7, 11) is 0. The third-order valence-electron chi connectivity index (χ3n) is 6.14. The zero-order valence-corrected chi connectivity index (χ0v) is 17.5. The molecule has 3 heterocycles. The van der Waals surface area contributed by atoms with E-state index in [1.165, 1.54) is 0 Å². The van der Waals surface area contributed by atoms with E-state index in [0.717, 1.165) is 12.8 Å². The number of benzene rings is 1. The number of nitrogens with zero attached hydrogens (tertiary/aromatic N) is 2. The first-order valence-electron chi connectivity index (χ1n) is 10.9. The number of hydrogen-bond donors (Lipinski definition) is 2. The quantitative estimate of drug-likeness (QED) is 0.617. The van der Waals surface area contributed by atoms with E-state index >= 15 is 0 Å². The lowest BCUT2D eigenvalue weighted by Gasteiger charge is -2.31. The second-order valence-electron chi connectivity index (χ2n) is 8.37. The van der Waals surface area contributed by atoms with Crippen LogP contribution in [0.5, 0.6) is 0 Å². The molecule has 0 bridgehead atoms. The van der Waals surface area contributed by atoms with Crippen LogP contribution in [-0.4, -0.2) is 40.7 Å². The Balaban J connectivity index is 1.25. The minimum Gasteiger partial charge on any atom is -0.463 e. The van der Waals surface area contributed by atoms with Crippen LogP contribution < -0.4 is 10.9 Å². The van der Waals surface area contributed by atoms with Crippen molar-refractivity contribution in [1.29, 1.82) is 0 Å². The van der Waals surface area contributed by atoms with Crippen molar-refractivity contribution in [2.75, 3.05) is 13.1 Å². The first kappa shape index (κ1) is 20.2. The highest BCUT2D eigenvalue weighted by Crippen LogP contribution is 2.32. The molecule has 2 aromatic heterocycles. The zero-order valence-electron chi connectivity index (χ0n) is 17.5. The van der Waals surface area contributed by atoms with Crippen molar-refractivity contribution in [3.05, 3.63) is 54.3 Å². The van der Waals surface area contributed by atoms with Gasteiger partial charge in [-0.2, -0.15) is 0 Å². The highest BCUT2D eigenvalue weighted by Gasteiger charge is 2.36. The number of rotatable bonds is 4. The molecule has 2 fully saturated rings. The summed E-state index contributed by atoms with van der Waals surface area (Å²) in [6, 6.07) is 12.5. The first-order chi connectivity index (χ1) is 15.6. The molecule has 0 unspecified atom stereocenters. The van der Waals surface area contributed by atoms with Crippen molar-refractivity contribution in [1.82, 2.24) is 20.7 Å². The van der Waals surface area contributed by atoms with E-state index in [2.05, 4.69) is 15.8 Å². The molecular weight excluding hydrogens is 408 g/mol. The Morgan fingerprint density at radius 2 is 1.72 bits per heavy atom. The number of furan rings is 1. The molecule has 1 aliphatic heterocycles. The van der Waals surface area contributed by atoms with E-state index in [4.69, 9.17) is 4.42 Å². The molecule has 0 spiro atoms. The average Bonchev–Trinajstić information content (AvgIpc) is 3.54. The second-order valence-corrected chi connectivity index (χ2v) is 8.37. The van der Waals surface area contributed by atoms with Gasteiger partial charge in [-0.05, 0) is 49.9 Å². The van der Waals surface area contributed by atoms with Crippen LogP contribution in [0.25, 0.3) is 22.4 Å². The van der Waals surface area contributed by atoms with Gasteiger partial charge in [0.15, 0.2) is 5.76 Å². The predicted octanol–water partition coefficient (Wildman–Crippen LogP) is 2.90. The lowest BCUT2D eigenvalue weighted by Crippen LogP contribution is -2.48. The molecule has 1 aromatic carbocycles. The fourth-order valence-electron chi connectivity index (χ4n) is 4.15. The number of likely N-dealkylation sites (tertiary alicyclic amines) is 1. The van der Waals surface area contributed by atoms with Crippen LogP contribution in [-0.2, 0) is 9.59 Å². The number of hydrazine groups is 1. The minimum absolute atomic E-state index is 0.195. The van der Waals surface area contributed by atoms with Gasteiger partial charge >= 0.3 is 0 Å². The smallest absolute Gasteiger partial charge is 0.270 e. The van der Waals surface area contributed by atoms with Crippen molar-refractivity contribution in [2.24, 2.45) is 11.8 Å². The number of carbonyl (C=O) groups is 3. The number of pyridine rings is 1. The highest BCUT2D eigenvalue weighted by atomic mass is 16.3. The molecule has 1 saturated heterocycles. The van der Waals surface area contributed by atoms with Gasteiger partial charge < -0.3 is 9.32 Å². The summed E-state index contributed by atoms with van der Waals surface area (Å²) in [6.07, 6.45) is 4.71. The number of carbonyl (C=O) groups excluding carboxylic acids is 3. The van der Waals surface area contributed by atoms with E-state index < -0.39 is 5.91 Å². The molecule has 164 valence electrons. The molecule has 0 radical (unpaired) electrons. The number of aromatic nitrogens is 1. The van der Waals surface area contributed by atoms with Crippen LogP contribution in [0, 0.1) is 11.8 Å². The third kappa shape index (κ3) is 4.08. The van der Waals surface area contributed by atoms with Gasteiger partial charge in [0.2, 0.25) is 11.8 Å². The predicted molar refractivity (Wildman–Crippen MR) is 117 cm³/mol. The Kier molecular flexibility index (Phi) is 5.34. The summed E-state index contributed by atoms with van der Waals surface area (Å²) in [4.78, 5) is 44.2. The summed E-state index contributed by atoms with van der Waals surface area (Å²) < 4.78 is 5.43. The molecule has 1 aliphatic carbocycles. The van der Waals surface area contributed by atoms with E-state index in [-0.39, 0.29) is 23.7 Å². The Labute approximate surface area is 185 Å². The molecule has 0 atom stereocenters. The van der Waals surface area contributed by atoms with E-state index in [9.17, 15) is 14.4 Å². The van der Waals surface area contributed by atoms with Gasteiger partial charge in [-0.25, -0.2) is 4.98 Å².